The van der Waals surface area contributed by atoms with E-state index in [4.69, 9.17) is 23.2 Å². The van der Waals surface area contributed by atoms with Crippen molar-refractivity contribution in [2.24, 2.45) is 0 Å². The molecule has 6 heteroatoms. The van der Waals surface area contributed by atoms with Gasteiger partial charge in [-0.1, -0.05) is 30.1 Å². The molecule has 102 valence electrons. The maximum atomic E-state index is 10.6. The minimum absolute atomic E-state index is 0.469. The Kier molecular flexibility index (Phi) is 5.11. The average Bonchev–Trinajstić information content (AvgIpc) is 2.73. The molecule has 1 N–H and O–H groups in total. The monoisotopic (exact) mass is 410 g/mol. The number of aliphatic hydroxyl groups excluding tert-OH is 1. The van der Waals surface area contributed by atoms with Crippen molar-refractivity contribution in [2.75, 3.05) is 0 Å². The van der Waals surface area contributed by atoms with Gasteiger partial charge in [-0.2, -0.15) is 5.10 Å². The Morgan fingerprint density at radius 2 is 2.16 bits per heavy atom. The molecule has 2 rings (SSSR count). The van der Waals surface area contributed by atoms with Gasteiger partial charge in [0.2, 0.25) is 0 Å². The maximum Gasteiger partial charge on any atom is 0.123 e. The topological polar surface area (TPSA) is 38.0 Å². The lowest BCUT2D eigenvalue weighted by Crippen LogP contribution is -2.11. The molecule has 1 heterocycles. The van der Waals surface area contributed by atoms with Gasteiger partial charge < -0.3 is 5.11 Å². The van der Waals surface area contributed by atoms with E-state index in [9.17, 15) is 5.11 Å². The minimum atomic E-state index is -0.827. The largest absolute Gasteiger partial charge is 0.382 e. The van der Waals surface area contributed by atoms with Gasteiger partial charge in [0.1, 0.15) is 6.10 Å². The summed E-state index contributed by atoms with van der Waals surface area (Å²) in [7, 11) is 0. The zero-order valence-electron chi connectivity index (χ0n) is 10.3. The van der Waals surface area contributed by atoms with E-state index in [1.807, 2.05) is 6.07 Å². The zero-order chi connectivity index (χ0) is 14.0. The predicted octanol–water partition coefficient (Wildman–Crippen LogP) is 4.29. The van der Waals surface area contributed by atoms with Crippen molar-refractivity contribution in [2.45, 2.75) is 26.0 Å². The summed E-state index contributed by atoms with van der Waals surface area (Å²) >= 11 is 14.3. The van der Waals surface area contributed by atoms with Gasteiger partial charge in [-0.3, -0.25) is 4.68 Å². The molecule has 0 aliphatic heterocycles. The molecule has 0 radical (unpaired) electrons. The van der Waals surface area contributed by atoms with Crippen LogP contribution in [0.5, 0.6) is 0 Å². The van der Waals surface area contributed by atoms with E-state index in [1.54, 1.807) is 23.0 Å². The predicted molar refractivity (Wildman–Crippen MR) is 85.8 cm³/mol. The first-order chi connectivity index (χ1) is 9.04. The number of aryl methyl sites for hydroxylation is 1. The smallest absolute Gasteiger partial charge is 0.123 e. The third-order valence-corrected chi connectivity index (χ3v) is 4.29. The highest BCUT2D eigenvalue weighted by molar-refractivity contribution is 14.1. The van der Waals surface area contributed by atoms with Crippen molar-refractivity contribution in [3.05, 3.63) is 49.3 Å². The van der Waals surface area contributed by atoms with Crippen LogP contribution in [0.15, 0.2) is 24.4 Å². The first-order valence-corrected chi connectivity index (χ1v) is 7.72. The SMILES string of the molecule is CCCn1ncc(Cl)c1C(O)c1cc(Cl)ccc1I. The third-order valence-electron chi connectivity index (χ3n) is 2.78. The second-order valence-electron chi connectivity index (χ2n) is 4.17. The fraction of sp³-hybridized carbons (Fsp3) is 0.308. The first kappa shape index (κ1) is 15.1. The fourth-order valence-electron chi connectivity index (χ4n) is 1.91. The standard InChI is InChI=1S/C13H13Cl2IN2O/c1-2-5-18-12(10(15)7-17-18)13(19)9-6-8(14)3-4-11(9)16/h3-4,6-7,13,19H,2,5H2,1H3. The zero-order valence-corrected chi connectivity index (χ0v) is 13.9. The lowest BCUT2D eigenvalue weighted by molar-refractivity contribution is 0.206. The first-order valence-electron chi connectivity index (χ1n) is 5.88. The van der Waals surface area contributed by atoms with E-state index in [-0.39, 0.29) is 0 Å². The van der Waals surface area contributed by atoms with Crippen molar-refractivity contribution >= 4 is 45.8 Å². The summed E-state index contributed by atoms with van der Waals surface area (Å²) in [6.07, 6.45) is 1.66. The highest BCUT2D eigenvalue weighted by atomic mass is 127. The molecule has 0 amide bonds. The number of aliphatic hydroxyl groups is 1. The molecule has 0 bridgehead atoms. The normalized spacial score (nSPS) is 12.7. The van der Waals surface area contributed by atoms with E-state index in [1.165, 1.54) is 0 Å². The van der Waals surface area contributed by atoms with Crippen LogP contribution in [-0.4, -0.2) is 14.9 Å². The van der Waals surface area contributed by atoms with Crippen LogP contribution >= 0.6 is 45.8 Å². The molecule has 1 atom stereocenters. The average molecular weight is 411 g/mol. The highest BCUT2D eigenvalue weighted by Gasteiger charge is 2.21. The molecule has 1 aromatic heterocycles. The van der Waals surface area contributed by atoms with Crippen LogP contribution < -0.4 is 0 Å². The van der Waals surface area contributed by atoms with E-state index in [2.05, 4.69) is 34.6 Å². The van der Waals surface area contributed by atoms with Gasteiger partial charge in [-0.05, 0) is 47.2 Å². The maximum absolute atomic E-state index is 10.6. The quantitative estimate of drug-likeness (QED) is 0.763. The summed E-state index contributed by atoms with van der Waals surface area (Å²) in [5.74, 6) is 0. The molecule has 19 heavy (non-hydrogen) atoms. The molecular weight excluding hydrogens is 398 g/mol. The van der Waals surface area contributed by atoms with Gasteiger partial charge in [-0.25, -0.2) is 0 Å². The third kappa shape index (κ3) is 3.24. The van der Waals surface area contributed by atoms with E-state index >= 15 is 0 Å². The lowest BCUT2D eigenvalue weighted by atomic mass is 10.1. The van der Waals surface area contributed by atoms with Gasteiger partial charge in [0.15, 0.2) is 0 Å². The van der Waals surface area contributed by atoms with Crippen LogP contribution in [0.25, 0.3) is 0 Å². The second kappa shape index (κ2) is 6.43. The van der Waals surface area contributed by atoms with Crippen LogP contribution in [0, 0.1) is 3.57 Å². The summed E-state index contributed by atoms with van der Waals surface area (Å²) in [5.41, 5.74) is 1.36. The Balaban J connectivity index is 2.46. The second-order valence-corrected chi connectivity index (χ2v) is 6.18. The van der Waals surface area contributed by atoms with Crippen molar-refractivity contribution < 1.29 is 5.11 Å². The van der Waals surface area contributed by atoms with Gasteiger partial charge in [-0.15, -0.1) is 0 Å². The van der Waals surface area contributed by atoms with Crippen molar-refractivity contribution in [3.63, 3.8) is 0 Å². The fourth-order valence-corrected chi connectivity index (χ4v) is 2.96. The molecule has 2 aromatic rings. The number of nitrogens with zero attached hydrogens (tertiary/aromatic N) is 2. The Hall–Kier alpha value is -0.300. The van der Waals surface area contributed by atoms with Gasteiger partial charge in [0.25, 0.3) is 0 Å². The Morgan fingerprint density at radius 1 is 1.42 bits per heavy atom. The van der Waals surface area contributed by atoms with Crippen LogP contribution in [0.2, 0.25) is 10.0 Å². The molecule has 0 aliphatic carbocycles. The van der Waals surface area contributed by atoms with E-state index < -0.39 is 6.10 Å². The summed E-state index contributed by atoms with van der Waals surface area (Å²) in [4.78, 5) is 0. The number of rotatable bonds is 4. The van der Waals surface area contributed by atoms with Crippen molar-refractivity contribution in [1.29, 1.82) is 0 Å². The van der Waals surface area contributed by atoms with Crippen LogP contribution in [-0.2, 0) is 6.54 Å². The highest BCUT2D eigenvalue weighted by Crippen LogP contribution is 2.32. The molecule has 1 unspecified atom stereocenters. The number of benzene rings is 1. The molecule has 0 spiro atoms. The molecule has 0 fully saturated rings. The molecular formula is C13H13Cl2IN2O. The summed E-state index contributed by atoms with van der Waals surface area (Å²) in [5, 5.41) is 15.8. The van der Waals surface area contributed by atoms with Gasteiger partial charge >= 0.3 is 0 Å². The van der Waals surface area contributed by atoms with Crippen LogP contribution in [0.4, 0.5) is 0 Å². The number of hydrogen-bond acceptors (Lipinski definition) is 2. The van der Waals surface area contributed by atoms with Crippen LogP contribution in [0.3, 0.4) is 0 Å². The Morgan fingerprint density at radius 3 is 2.84 bits per heavy atom. The molecule has 3 nitrogen and oxygen atoms in total. The molecule has 0 saturated carbocycles. The number of aromatic nitrogens is 2. The molecule has 1 aromatic carbocycles. The van der Waals surface area contributed by atoms with Crippen molar-refractivity contribution in [1.82, 2.24) is 9.78 Å². The van der Waals surface area contributed by atoms with E-state index in [0.29, 0.717) is 15.7 Å². The number of hydrogen-bond donors (Lipinski definition) is 1. The van der Waals surface area contributed by atoms with Crippen molar-refractivity contribution in [3.8, 4) is 0 Å². The summed E-state index contributed by atoms with van der Waals surface area (Å²) in [6.45, 7) is 2.77. The summed E-state index contributed by atoms with van der Waals surface area (Å²) < 4.78 is 2.68. The van der Waals surface area contributed by atoms with Crippen LogP contribution in [0.1, 0.15) is 30.7 Å². The number of halogens is 3. The van der Waals surface area contributed by atoms with E-state index in [0.717, 1.165) is 22.1 Å². The summed E-state index contributed by atoms with van der Waals surface area (Å²) in [6, 6.07) is 5.42. The lowest BCUT2D eigenvalue weighted by Gasteiger charge is -2.16. The Bertz CT molecular complexity index is 586. The van der Waals surface area contributed by atoms with Gasteiger partial charge in [0, 0.05) is 20.7 Å². The minimum Gasteiger partial charge on any atom is -0.382 e. The molecule has 0 aliphatic rings. The Labute approximate surface area is 135 Å². The van der Waals surface area contributed by atoms with Gasteiger partial charge in [0.05, 0.1) is 16.9 Å². The molecule has 0 saturated heterocycles.